The lowest BCUT2D eigenvalue weighted by molar-refractivity contribution is 0.102. The normalized spacial score (nSPS) is 15.7. The fraction of sp³-hybridized carbons (Fsp3) is 0.250. The topological polar surface area (TPSA) is 91.5 Å². The molecule has 1 saturated heterocycles. The first-order chi connectivity index (χ1) is 13.4. The summed E-state index contributed by atoms with van der Waals surface area (Å²) < 4.78 is 30.7. The molecule has 4 rings (SSSR count). The summed E-state index contributed by atoms with van der Waals surface area (Å²) in [5.74, 6) is 0.652. The summed E-state index contributed by atoms with van der Waals surface area (Å²) in [6.07, 6.45) is 0.630. The molecule has 1 fully saturated rings. The molecule has 7 nitrogen and oxygen atoms in total. The van der Waals surface area contributed by atoms with Gasteiger partial charge in [0.15, 0.2) is 0 Å². The predicted molar refractivity (Wildman–Crippen MR) is 110 cm³/mol. The standard InChI is InChI=1S/C20H21N3O4S/c1-13-17-12-16(27-2)8-9-18(17)22-19(13)20(24)21-14-4-6-15(7-5-14)23-10-3-11-28(23,25)26/h4-9,12,22H,3,10-11H2,1-2H3,(H,21,24). The Hall–Kier alpha value is -3.00. The van der Waals surface area contributed by atoms with Crippen LogP contribution in [0.5, 0.6) is 5.75 Å². The first-order valence-corrected chi connectivity index (χ1v) is 10.6. The number of sulfonamides is 1. The van der Waals surface area contributed by atoms with Gasteiger partial charge in [-0.05, 0) is 61.4 Å². The van der Waals surface area contributed by atoms with Crippen LogP contribution in [0, 0.1) is 6.92 Å². The lowest BCUT2D eigenvalue weighted by Crippen LogP contribution is -2.25. The number of carbonyl (C=O) groups excluding carboxylic acids is 1. The third kappa shape index (κ3) is 3.20. The third-order valence-corrected chi connectivity index (χ3v) is 6.87. The van der Waals surface area contributed by atoms with Crippen molar-refractivity contribution in [2.75, 3.05) is 29.0 Å². The second-order valence-electron chi connectivity index (χ2n) is 6.78. The van der Waals surface area contributed by atoms with E-state index in [9.17, 15) is 13.2 Å². The molecule has 2 N–H and O–H groups in total. The van der Waals surface area contributed by atoms with E-state index >= 15 is 0 Å². The van der Waals surface area contributed by atoms with Gasteiger partial charge >= 0.3 is 0 Å². The number of methoxy groups -OCH3 is 1. The maximum atomic E-state index is 12.7. The van der Waals surface area contributed by atoms with E-state index in [0.717, 1.165) is 22.2 Å². The van der Waals surface area contributed by atoms with E-state index in [4.69, 9.17) is 4.74 Å². The monoisotopic (exact) mass is 399 g/mol. The van der Waals surface area contributed by atoms with E-state index in [2.05, 4.69) is 10.3 Å². The van der Waals surface area contributed by atoms with Crippen molar-refractivity contribution >= 4 is 38.2 Å². The number of ether oxygens (including phenoxy) is 1. The number of amides is 1. The number of anilines is 2. The molecule has 1 amide bonds. The molecular weight excluding hydrogens is 378 g/mol. The van der Waals surface area contributed by atoms with Gasteiger partial charge in [-0.25, -0.2) is 8.42 Å². The summed E-state index contributed by atoms with van der Waals surface area (Å²) in [6.45, 7) is 2.38. The van der Waals surface area contributed by atoms with Gasteiger partial charge in [0.25, 0.3) is 5.91 Å². The van der Waals surface area contributed by atoms with Crippen molar-refractivity contribution in [1.82, 2.24) is 4.98 Å². The number of hydrogen-bond acceptors (Lipinski definition) is 4. The summed E-state index contributed by atoms with van der Waals surface area (Å²) in [6, 6.07) is 12.4. The molecule has 1 aliphatic rings. The second kappa shape index (κ2) is 6.87. The van der Waals surface area contributed by atoms with Crippen LogP contribution in [0.15, 0.2) is 42.5 Å². The van der Waals surface area contributed by atoms with E-state index in [1.165, 1.54) is 4.31 Å². The second-order valence-corrected chi connectivity index (χ2v) is 8.79. The van der Waals surface area contributed by atoms with Gasteiger partial charge in [0.1, 0.15) is 11.4 Å². The Bertz CT molecular complexity index is 1150. The van der Waals surface area contributed by atoms with E-state index in [1.807, 2.05) is 25.1 Å². The van der Waals surface area contributed by atoms with Crippen LogP contribution in [-0.2, 0) is 10.0 Å². The van der Waals surface area contributed by atoms with Crippen molar-refractivity contribution in [3.63, 3.8) is 0 Å². The quantitative estimate of drug-likeness (QED) is 0.704. The highest BCUT2D eigenvalue weighted by molar-refractivity contribution is 7.93. The number of H-pyrrole nitrogens is 1. The fourth-order valence-corrected chi connectivity index (χ4v) is 5.06. The molecule has 0 aliphatic carbocycles. The SMILES string of the molecule is COc1ccc2[nH]c(C(=O)Nc3ccc(N4CCCS4(=O)=O)cc3)c(C)c2c1. The maximum Gasteiger partial charge on any atom is 0.272 e. The number of fused-ring (bicyclic) bond motifs is 1. The molecule has 0 unspecified atom stereocenters. The highest BCUT2D eigenvalue weighted by Crippen LogP contribution is 2.28. The average Bonchev–Trinajstić information content (AvgIpc) is 3.21. The largest absolute Gasteiger partial charge is 0.497 e. The van der Waals surface area contributed by atoms with Crippen LogP contribution in [0.2, 0.25) is 0 Å². The number of rotatable bonds is 4. The van der Waals surface area contributed by atoms with E-state index in [1.54, 1.807) is 31.4 Å². The minimum atomic E-state index is -3.21. The van der Waals surface area contributed by atoms with Gasteiger partial charge in [0.2, 0.25) is 10.0 Å². The van der Waals surface area contributed by atoms with Crippen LogP contribution in [0.1, 0.15) is 22.5 Å². The molecular formula is C20H21N3O4S. The Labute approximate surface area is 163 Å². The van der Waals surface area contributed by atoms with Crippen molar-refractivity contribution in [2.24, 2.45) is 0 Å². The van der Waals surface area contributed by atoms with Gasteiger partial charge in [0.05, 0.1) is 18.6 Å². The smallest absolute Gasteiger partial charge is 0.272 e. The molecule has 0 bridgehead atoms. The summed E-state index contributed by atoms with van der Waals surface area (Å²) in [5.41, 5.74) is 3.39. The minimum Gasteiger partial charge on any atom is -0.497 e. The maximum absolute atomic E-state index is 12.7. The van der Waals surface area contributed by atoms with Gasteiger partial charge in [-0.2, -0.15) is 0 Å². The van der Waals surface area contributed by atoms with Crippen molar-refractivity contribution in [1.29, 1.82) is 0 Å². The molecule has 2 heterocycles. The number of nitrogens with one attached hydrogen (secondary N) is 2. The molecule has 8 heteroatoms. The van der Waals surface area contributed by atoms with Crippen LogP contribution in [0.4, 0.5) is 11.4 Å². The van der Waals surface area contributed by atoms with Crippen molar-refractivity contribution in [3.8, 4) is 5.75 Å². The number of aromatic nitrogens is 1. The van der Waals surface area contributed by atoms with Crippen LogP contribution < -0.4 is 14.4 Å². The third-order valence-electron chi connectivity index (χ3n) is 5.00. The van der Waals surface area contributed by atoms with Gasteiger partial charge in [-0.15, -0.1) is 0 Å². The Balaban J connectivity index is 1.55. The first-order valence-electron chi connectivity index (χ1n) is 8.97. The molecule has 2 aromatic carbocycles. The molecule has 3 aromatic rings. The number of carbonyl (C=O) groups is 1. The van der Waals surface area contributed by atoms with Crippen LogP contribution in [-0.4, -0.2) is 38.7 Å². The predicted octanol–water partition coefficient (Wildman–Crippen LogP) is 3.28. The lowest BCUT2D eigenvalue weighted by Gasteiger charge is -2.17. The molecule has 1 aliphatic heterocycles. The molecule has 28 heavy (non-hydrogen) atoms. The number of nitrogens with zero attached hydrogens (tertiary/aromatic N) is 1. The van der Waals surface area contributed by atoms with E-state index in [0.29, 0.717) is 30.0 Å². The molecule has 0 saturated carbocycles. The number of benzene rings is 2. The zero-order valence-corrected chi connectivity index (χ0v) is 16.5. The summed E-state index contributed by atoms with van der Waals surface area (Å²) in [7, 11) is -1.61. The Kier molecular flexibility index (Phi) is 4.50. The van der Waals surface area contributed by atoms with Crippen molar-refractivity contribution < 1.29 is 17.9 Å². The molecule has 0 spiro atoms. The van der Waals surface area contributed by atoms with E-state index < -0.39 is 10.0 Å². The van der Waals surface area contributed by atoms with Crippen LogP contribution in [0.25, 0.3) is 10.9 Å². The Morgan fingerprint density at radius 3 is 2.57 bits per heavy atom. The Morgan fingerprint density at radius 2 is 1.93 bits per heavy atom. The minimum absolute atomic E-state index is 0.177. The zero-order valence-electron chi connectivity index (χ0n) is 15.7. The number of aryl methyl sites for hydroxylation is 1. The highest BCUT2D eigenvalue weighted by atomic mass is 32.2. The molecule has 0 atom stereocenters. The van der Waals surface area contributed by atoms with Crippen molar-refractivity contribution in [2.45, 2.75) is 13.3 Å². The fourth-order valence-electron chi connectivity index (χ4n) is 3.49. The van der Waals surface area contributed by atoms with Gasteiger partial charge in [-0.1, -0.05) is 0 Å². The summed E-state index contributed by atoms with van der Waals surface area (Å²) in [5, 5.41) is 3.79. The number of aromatic amines is 1. The summed E-state index contributed by atoms with van der Waals surface area (Å²) in [4.78, 5) is 15.9. The van der Waals surface area contributed by atoms with Crippen LogP contribution in [0.3, 0.4) is 0 Å². The lowest BCUT2D eigenvalue weighted by atomic mass is 10.1. The highest BCUT2D eigenvalue weighted by Gasteiger charge is 2.28. The molecule has 0 radical (unpaired) electrons. The van der Waals surface area contributed by atoms with Crippen molar-refractivity contribution in [3.05, 3.63) is 53.7 Å². The number of hydrogen-bond donors (Lipinski definition) is 2. The average molecular weight is 399 g/mol. The Morgan fingerprint density at radius 1 is 1.18 bits per heavy atom. The van der Waals surface area contributed by atoms with Crippen LogP contribution >= 0.6 is 0 Å². The first kappa shape index (κ1) is 18.4. The van der Waals surface area contributed by atoms with Gasteiger partial charge < -0.3 is 15.0 Å². The summed E-state index contributed by atoms with van der Waals surface area (Å²) >= 11 is 0. The van der Waals surface area contributed by atoms with Gasteiger partial charge in [0, 0.05) is 23.1 Å². The van der Waals surface area contributed by atoms with Gasteiger partial charge in [-0.3, -0.25) is 9.10 Å². The molecule has 1 aromatic heterocycles. The zero-order chi connectivity index (χ0) is 19.9. The van der Waals surface area contributed by atoms with E-state index in [-0.39, 0.29) is 11.7 Å². The molecule has 146 valence electrons.